The van der Waals surface area contributed by atoms with Crippen molar-refractivity contribution < 1.29 is 10.0 Å². The highest BCUT2D eigenvalue weighted by Crippen LogP contribution is 2.26. The fraction of sp³-hybridized carbons (Fsp3) is 0.458. The van der Waals surface area contributed by atoms with Crippen molar-refractivity contribution in [3.8, 4) is 0 Å². The number of hydrogen-bond donors (Lipinski definition) is 2. The molecule has 0 spiro atoms. The van der Waals surface area contributed by atoms with Gasteiger partial charge in [0.15, 0.2) is 0 Å². The summed E-state index contributed by atoms with van der Waals surface area (Å²) in [7, 11) is 2.09. The lowest BCUT2D eigenvalue weighted by molar-refractivity contribution is 0.0705. The maximum Gasteiger partial charge on any atom is 0.277 e. The summed E-state index contributed by atoms with van der Waals surface area (Å²) in [6.07, 6.45) is 8.29. The number of carbonyl (C=O) groups excluding carboxylic acids is 1. The van der Waals surface area contributed by atoms with Gasteiger partial charge in [-0.1, -0.05) is 18.5 Å². The first-order chi connectivity index (χ1) is 16.0. The van der Waals surface area contributed by atoms with Crippen LogP contribution in [0, 0.1) is 5.92 Å². The van der Waals surface area contributed by atoms with Crippen molar-refractivity contribution in [1.29, 1.82) is 0 Å². The lowest BCUT2D eigenvalue weighted by Gasteiger charge is -2.34. The molecule has 0 saturated carbocycles. The third kappa shape index (κ3) is 5.46. The van der Waals surface area contributed by atoms with Gasteiger partial charge in [-0.3, -0.25) is 10.0 Å². The Hall–Kier alpha value is -2.68. The number of anilines is 1. The fourth-order valence-electron chi connectivity index (χ4n) is 4.65. The van der Waals surface area contributed by atoms with E-state index in [0.29, 0.717) is 11.9 Å². The number of nitrogens with zero attached hydrogens (tertiary/aromatic N) is 5. The van der Waals surface area contributed by atoms with Crippen LogP contribution in [0.15, 0.2) is 36.8 Å². The van der Waals surface area contributed by atoms with Crippen LogP contribution in [-0.4, -0.2) is 63.3 Å². The van der Waals surface area contributed by atoms with Crippen molar-refractivity contribution >= 4 is 34.4 Å². The number of hydrogen-bond acceptors (Lipinski definition) is 6. The van der Waals surface area contributed by atoms with Crippen LogP contribution in [-0.2, 0) is 13.5 Å². The Bertz CT molecular complexity index is 1090. The molecule has 8 nitrogen and oxygen atoms in total. The lowest BCUT2D eigenvalue weighted by atomic mass is 9.96. The van der Waals surface area contributed by atoms with Gasteiger partial charge in [0.1, 0.15) is 0 Å². The summed E-state index contributed by atoms with van der Waals surface area (Å²) < 4.78 is 2.18. The summed E-state index contributed by atoms with van der Waals surface area (Å²) in [4.78, 5) is 24.7. The van der Waals surface area contributed by atoms with E-state index in [0.717, 1.165) is 57.0 Å². The average molecular weight is 471 g/mol. The maximum atomic E-state index is 11.4. The Morgan fingerprint density at radius 2 is 2.00 bits per heavy atom. The number of fused-ring (bicyclic) bond motifs is 1. The number of hydroxylamine groups is 1. The first-order valence-electron chi connectivity index (χ1n) is 11.5. The summed E-state index contributed by atoms with van der Waals surface area (Å²) >= 11 is 6.24. The van der Waals surface area contributed by atoms with Gasteiger partial charge in [-0.05, 0) is 55.5 Å². The van der Waals surface area contributed by atoms with Crippen molar-refractivity contribution in [1.82, 2.24) is 24.9 Å². The number of aryl methyl sites for hydroxylation is 1. The molecule has 1 aliphatic heterocycles. The van der Waals surface area contributed by atoms with Gasteiger partial charge >= 0.3 is 0 Å². The molecule has 2 N–H and O–H groups in total. The van der Waals surface area contributed by atoms with E-state index in [-0.39, 0.29) is 5.56 Å². The van der Waals surface area contributed by atoms with E-state index in [2.05, 4.69) is 56.6 Å². The van der Waals surface area contributed by atoms with Crippen LogP contribution in [0.1, 0.15) is 35.7 Å². The average Bonchev–Trinajstić information content (AvgIpc) is 3.16. The van der Waals surface area contributed by atoms with Gasteiger partial charge in [-0.15, -0.1) is 0 Å². The molecule has 176 valence electrons. The molecule has 9 heteroatoms. The topological polar surface area (TPSA) is 86.5 Å². The number of halogens is 1. The largest absolute Gasteiger partial charge is 0.350 e. The molecule has 0 unspecified atom stereocenters. The highest BCUT2D eigenvalue weighted by molar-refractivity contribution is 6.31. The van der Waals surface area contributed by atoms with Crippen molar-refractivity contribution in [3.63, 3.8) is 0 Å². The third-order valence-corrected chi connectivity index (χ3v) is 6.83. The molecule has 1 aromatic carbocycles. The molecule has 1 aliphatic rings. The van der Waals surface area contributed by atoms with Gasteiger partial charge in [0.25, 0.3) is 5.91 Å². The van der Waals surface area contributed by atoms with Crippen molar-refractivity contribution in [3.05, 3.63) is 52.9 Å². The minimum absolute atomic E-state index is 0.239. The van der Waals surface area contributed by atoms with Crippen LogP contribution in [0.4, 0.5) is 5.95 Å². The van der Waals surface area contributed by atoms with Crippen LogP contribution in [0.5, 0.6) is 0 Å². The Kier molecular flexibility index (Phi) is 7.47. The second-order valence-electron chi connectivity index (χ2n) is 8.71. The smallest absolute Gasteiger partial charge is 0.277 e. The minimum atomic E-state index is -0.605. The van der Waals surface area contributed by atoms with E-state index >= 15 is 0 Å². The predicted molar refractivity (Wildman–Crippen MR) is 130 cm³/mol. The predicted octanol–water partition coefficient (Wildman–Crippen LogP) is 3.52. The van der Waals surface area contributed by atoms with Gasteiger partial charge in [0, 0.05) is 67.7 Å². The molecule has 3 heterocycles. The van der Waals surface area contributed by atoms with E-state index in [1.54, 1.807) is 5.48 Å². The number of nitrogens with one attached hydrogen (secondary N) is 1. The van der Waals surface area contributed by atoms with Crippen molar-refractivity contribution in [2.24, 2.45) is 13.0 Å². The maximum absolute atomic E-state index is 11.4. The Balaban J connectivity index is 1.29. The summed E-state index contributed by atoms with van der Waals surface area (Å²) in [5.74, 6) is 0.666. The summed E-state index contributed by atoms with van der Waals surface area (Å²) in [6.45, 7) is 7.17. The van der Waals surface area contributed by atoms with Gasteiger partial charge in [-0.2, -0.15) is 0 Å². The van der Waals surface area contributed by atoms with Crippen LogP contribution in [0.25, 0.3) is 10.9 Å². The normalized spacial score (nSPS) is 14.9. The molecule has 33 heavy (non-hydrogen) atoms. The number of carbonyl (C=O) groups is 1. The second kappa shape index (κ2) is 10.5. The highest BCUT2D eigenvalue weighted by atomic mass is 35.5. The SMILES string of the molecule is CCN(CCc1cn(C)c2ccc(Cl)cc12)CC1CCN(c2ncc(C(=O)NO)cn2)CC1. The van der Waals surface area contributed by atoms with Crippen LogP contribution < -0.4 is 10.4 Å². The number of rotatable bonds is 8. The van der Waals surface area contributed by atoms with E-state index in [9.17, 15) is 4.79 Å². The Labute approximate surface area is 199 Å². The fourth-order valence-corrected chi connectivity index (χ4v) is 4.82. The lowest BCUT2D eigenvalue weighted by Crippen LogP contribution is -2.40. The standard InChI is InChI=1S/C24H31ClN6O2/c1-3-30(9-8-18-16-29(2)22-5-4-20(25)12-21(18)22)15-17-6-10-31(11-7-17)24-26-13-19(14-27-24)23(32)28-33/h4-5,12-14,16-17,33H,3,6-11,15H2,1-2H3,(H,28,32). The molecule has 3 aromatic rings. The molecular formula is C24H31ClN6O2. The van der Waals surface area contributed by atoms with Crippen LogP contribution in [0.3, 0.4) is 0 Å². The summed E-state index contributed by atoms with van der Waals surface area (Å²) in [6, 6.07) is 6.11. The first-order valence-corrected chi connectivity index (χ1v) is 11.8. The number of likely N-dealkylation sites (N-methyl/N-ethyl adjacent to an activating group) is 1. The third-order valence-electron chi connectivity index (χ3n) is 6.59. The van der Waals surface area contributed by atoms with E-state index in [1.165, 1.54) is 28.9 Å². The van der Waals surface area contributed by atoms with Gasteiger partial charge < -0.3 is 14.4 Å². The van der Waals surface area contributed by atoms with E-state index in [4.69, 9.17) is 16.8 Å². The molecule has 0 radical (unpaired) electrons. The van der Waals surface area contributed by atoms with Gasteiger partial charge in [0.2, 0.25) is 5.95 Å². The molecule has 1 saturated heterocycles. The number of piperidine rings is 1. The summed E-state index contributed by atoms with van der Waals surface area (Å²) in [5.41, 5.74) is 4.40. The zero-order chi connectivity index (χ0) is 23.4. The molecule has 1 amide bonds. The van der Waals surface area contributed by atoms with E-state index < -0.39 is 5.91 Å². The Morgan fingerprint density at radius 3 is 2.67 bits per heavy atom. The number of benzene rings is 1. The zero-order valence-corrected chi connectivity index (χ0v) is 19.9. The summed E-state index contributed by atoms with van der Waals surface area (Å²) in [5, 5.41) is 10.7. The van der Waals surface area contributed by atoms with E-state index in [1.807, 2.05) is 6.07 Å². The monoisotopic (exact) mass is 470 g/mol. The molecule has 4 rings (SSSR count). The van der Waals surface area contributed by atoms with Crippen LogP contribution >= 0.6 is 11.6 Å². The minimum Gasteiger partial charge on any atom is -0.350 e. The van der Waals surface area contributed by atoms with Gasteiger partial charge in [0.05, 0.1) is 5.56 Å². The van der Waals surface area contributed by atoms with Crippen molar-refractivity contribution in [2.75, 3.05) is 37.6 Å². The highest BCUT2D eigenvalue weighted by Gasteiger charge is 2.23. The molecule has 2 aromatic heterocycles. The Morgan fingerprint density at radius 1 is 1.27 bits per heavy atom. The molecule has 0 atom stereocenters. The van der Waals surface area contributed by atoms with Crippen LogP contribution in [0.2, 0.25) is 5.02 Å². The molecule has 0 bridgehead atoms. The molecule has 1 fully saturated rings. The molecular weight excluding hydrogens is 440 g/mol. The first kappa shape index (κ1) is 23.5. The molecule has 0 aliphatic carbocycles. The quantitative estimate of drug-likeness (QED) is 0.387. The van der Waals surface area contributed by atoms with Gasteiger partial charge in [-0.25, -0.2) is 15.4 Å². The van der Waals surface area contributed by atoms with Crippen molar-refractivity contribution in [2.45, 2.75) is 26.2 Å². The number of aromatic nitrogens is 3. The number of amides is 1. The second-order valence-corrected chi connectivity index (χ2v) is 9.15. The zero-order valence-electron chi connectivity index (χ0n) is 19.2.